The number of rotatable bonds is 6. The standard InChI is InChI=1S/C22H22Cl4O/c1-13-11-17(21(25)15(3)19(13)23)7-5-9-27-10-6-8-18-12-14(2)20(24)16(4)22(18)26/h5-8,11-12H,9-10H2,1-4H3. The van der Waals surface area contributed by atoms with Crippen LogP contribution in [0.15, 0.2) is 24.3 Å². The molecular weight excluding hydrogens is 422 g/mol. The predicted molar refractivity (Wildman–Crippen MR) is 121 cm³/mol. The van der Waals surface area contributed by atoms with Crippen LogP contribution in [-0.2, 0) is 4.74 Å². The van der Waals surface area contributed by atoms with Crippen LogP contribution in [0.4, 0.5) is 0 Å². The van der Waals surface area contributed by atoms with Crippen molar-refractivity contribution in [1.82, 2.24) is 0 Å². The number of halogens is 4. The van der Waals surface area contributed by atoms with Crippen LogP contribution >= 0.6 is 46.4 Å². The molecule has 0 aliphatic carbocycles. The van der Waals surface area contributed by atoms with Gasteiger partial charge in [0.05, 0.1) is 23.3 Å². The minimum Gasteiger partial charge on any atom is -0.373 e. The average Bonchev–Trinajstić information content (AvgIpc) is 2.65. The Morgan fingerprint density at radius 1 is 0.667 bits per heavy atom. The minimum atomic E-state index is 0.480. The Hall–Kier alpha value is -0.960. The Balaban J connectivity index is 1.92. The van der Waals surface area contributed by atoms with Crippen LogP contribution in [0.1, 0.15) is 33.4 Å². The van der Waals surface area contributed by atoms with Crippen molar-refractivity contribution in [3.05, 3.63) is 77.8 Å². The molecule has 0 saturated heterocycles. The Bertz CT molecular complexity index is 825. The Morgan fingerprint density at radius 3 is 1.41 bits per heavy atom. The zero-order chi connectivity index (χ0) is 20.1. The molecule has 0 fully saturated rings. The normalized spacial score (nSPS) is 11.9. The van der Waals surface area contributed by atoms with Gasteiger partial charge >= 0.3 is 0 Å². The van der Waals surface area contributed by atoms with Crippen molar-refractivity contribution < 1.29 is 4.74 Å². The first-order chi connectivity index (χ1) is 12.7. The van der Waals surface area contributed by atoms with Crippen LogP contribution in [0.25, 0.3) is 12.2 Å². The van der Waals surface area contributed by atoms with Gasteiger partial charge in [-0.1, -0.05) is 70.7 Å². The van der Waals surface area contributed by atoms with E-state index in [0.29, 0.717) is 33.3 Å². The summed E-state index contributed by atoms with van der Waals surface area (Å²) in [6, 6.07) is 3.95. The van der Waals surface area contributed by atoms with Crippen LogP contribution in [-0.4, -0.2) is 13.2 Å². The van der Waals surface area contributed by atoms with Gasteiger partial charge < -0.3 is 4.74 Å². The number of aryl methyl sites for hydroxylation is 2. The lowest BCUT2D eigenvalue weighted by Gasteiger charge is -2.08. The molecule has 0 aliphatic heterocycles. The number of hydrogen-bond donors (Lipinski definition) is 0. The van der Waals surface area contributed by atoms with E-state index in [1.54, 1.807) is 0 Å². The maximum Gasteiger partial charge on any atom is 0.0655 e. The fourth-order valence-corrected chi connectivity index (χ4v) is 3.55. The van der Waals surface area contributed by atoms with E-state index in [4.69, 9.17) is 51.1 Å². The fourth-order valence-electron chi connectivity index (χ4n) is 2.73. The topological polar surface area (TPSA) is 9.23 Å². The first-order valence-corrected chi connectivity index (χ1v) is 10.1. The van der Waals surface area contributed by atoms with Crippen molar-refractivity contribution in [3.8, 4) is 0 Å². The summed E-state index contributed by atoms with van der Waals surface area (Å²) in [7, 11) is 0. The minimum absolute atomic E-state index is 0.480. The Morgan fingerprint density at radius 2 is 1.04 bits per heavy atom. The van der Waals surface area contributed by atoms with Gasteiger partial charge in [-0.05, 0) is 73.2 Å². The zero-order valence-electron chi connectivity index (χ0n) is 15.8. The van der Waals surface area contributed by atoms with E-state index in [2.05, 4.69) is 0 Å². The lowest BCUT2D eigenvalue weighted by molar-refractivity contribution is 0.195. The molecule has 27 heavy (non-hydrogen) atoms. The molecule has 0 radical (unpaired) electrons. The first kappa shape index (κ1) is 22.3. The van der Waals surface area contributed by atoms with Crippen LogP contribution in [0, 0.1) is 27.7 Å². The summed E-state index contributed by atoms with van der Waals surface area (Å²) in [5.74, 6) is 0. The van der Waals surface area contributed by atoms with Gasteiger partial charge in [-0.3, -0.25) is 0 Å². The van der Waals surface area contributed by atoms with Gasteiger partial charge in [0.2, 0.25) is 0 Å². The van der Waals surface area contributed by atoms with Crippen molar-refractivity contribution in [2.24, 2.45) is 0 Å². The molecule has 0 bridgehead atoms. The third-order valence-electron chi connectivity index (χ3n) is 4.28. The summed E-state index contributed by atoms with van der Waals surface area (Å²) >= 11 is 25.1. The maximum absolute atomic E-state index is 6.34. The van der Waals surface area contributed by atoms with E-state index in [0.717, 1.165) is 33.4 Å². The van der Waals surface area contributed by atoms with Crippen molar-refractivity contribution in [1.29, 1.82) is 0 Å². The van der Waals surface area contributed by atoms with Gasteiger partial charge in [0.25, 0.3) is 0 Å². The Kier molecular flexibility index (Phi) is 8.27. The summed E-state index contributed by atoms with van der Waals surface area (Å²) < 4.78 is 5.61. The fraction of sp³-hybridized carbons (Fsp3) is 0.273. The SMILES string of the molecule is Cc1cc(C=CCOCC=Cc2cc(C)c(Cl)c(C)c2Cl)c(Cl)c(C)c1Cl. The monoisotopic (exact) mass is 442 g/mol. The molecule has 0 amide bonds. The second kappa shape index (κ2) is 10.0. The molecule has 0 spiro atoms. The Labute approximate surface area is 181 Å². The lowest BCUT2D eigenvalue weighted by Crippen LogP contribution is -1.92. The number of ether oxygens (including phenoxy) is 1. The lowest BCUT2D eigenvalue weighted by atomic mass is 10.1. The molecule has 5 heteroatoms. The van der Waals surface area contributed by atoms with E-state index in [1.165, 1.54) is 0 Å². The molecule has 0 unspecified atom stereocenters. The molecule has 0 aromatic heterocycles. The maximum atomic E-state index is 6.34. The molecule has 2 aromatic rings. The zero-order valence-corrected chi connectivity index (χ0v) is 18.8. The number of benzene rings is 2. The van der Waals surface area contributed by atoms with Gasteiger partial charge in [-0.2, -0.15) is 0 Å². The van der Waals surface area contributed by atoms with E-state index in [1.807, 2.05) is 64.1 Å². The summed E-state index contributed by atoms with van der Waals surface area (Å²) in [6.07, 6.45) is 7.77. The van der Waals surface area contributed by atoms with E-state index in [-0.39, 0.29) is 0 Å². The van der Waals surface area contributed by atoms with E-state index in [9.17, 15) is 0 Å². The average molecular weight is 444 g/mol. The van der Waals surface area contributed by atoms with Gasteiger partial charge in [0.15, 0.2) is 0 Å². The third kappa shape index (κ3) is 5.53. The van der Waals surface area contributed by atoms with E-state index >= 15 is 0 Å². The molecule has 0 aliphatic rings. The van der Waals surface area contributed by atoms with Crippen molar-refractivity contribution in [3.63, 3.8) is 0 Å². The summed E-state index contributed by atoms with van der Waals surface area (Å²) in [5.41, 5.74) is 5.68. The molecule has 0 heterocycles. The van der Waals surface area contributed by atoms with Crippen molar-refractivity contribution in [2.75, 3.05) is 13.2 Å². The van der Waals surface area contributed by atoms with Gasteiger partial charge in [-0.15, -0.1) is 0 Å². The molecule has 0 N–H and O–H groups in total. The summed E-state index contributed by atoms with van der Waals surface area (Å²) in [5, 5.41) is 2.77. The van der Waals surface area contributed by atoms with Crippen LogP contribution in [0.2, 0.25) is 20.1 Å². The summed E-state index contributed by atoms with van der Waals surface area (Å²) in [4.78, 5) is 0. The van der Waals surface area contributed by atoms with E-state index < -0.39 is 0 Å². The molecule has 2 aromatic carbocycles. The number of hydrogen-bond acceptors (Lipinski definition) is 1. The smallest absolute Gasteiger partial charge is 0.0655 e. The largest absolute Gasteiger partial charge is 0.373 e. The highest BCUT2D eigenvalue weighted by molar-refractivity contribution is 6.38. The quantitative estimate of drug-likeness (QED) is 0.408. The van der Waals surface area contributed by atoms with Crippen LogP contribution in [0.5, 0.6) is 0 Å². The van der Waals surface area contributed by atoms with Gasteiger partial charge in [0, 0.05) is 10.0 Å². The highest BCUT2D eigenvalue weighted by Crippen LogP contribution is 2.32. The van der Waals surface area contributed by atoms with Crippen LogP contribution < -0.4 is 0 Å². The molecule has 144 valence electrons. The van der Waals surface area contributed by atoms with Crippen molar-refractivity contribution in [2.45, 2.75) is 27.7 Å². The second-order valence-corrected chi connectivity index (χ2v) is 7.93. The predicted octanol–water partition coefficient (Wildman–Crippen LogP) is 8.28. The molecule has 1 nitrogen and oxygen atoms in total. The van der Waals surface area contributed by atoms with Crippen LogP contribution in [0.3, 0.4) is 0 Å². The highest BCUT2D eigenvalue weighted by atomic mass is 35.5. The summed E-state index contributed by atoms with van der Waals surface area (Å²) in [6.45, 7) is 8.73. The molecular formula is C22H22Cl4O. The van der Waals surface area contributed by atoms with Gasteiger partial charge in [0.1, 0.15) is 0 Å². The highest BCUT2D eigenvalue weighted by Gasteiger charge is 2.09. The molecule has 0 atom stereocenters. The second-order valence-electron chi connectivity index (χ2n) is 6.41. The molecule has 2 rings (SSSR count). The third-order valence-corrected chi connectivity index (χ3v) is 6.45. The van der Waals surface area contributed by atoms with Crippen molar-refractivity contribution >= 4 is 58.6 Å². The molecule has 0 saturated carbocycles. The van der Waals surface area contributed by atoms with Gasteiger partial charge in [-0.25, -0.2) is 0 Å². The first-order valence-electron chi connectivity index (χ1n) is 8.55.